The van der Waals surface area contributed by atoms with E-state index in [2.05, 4.69) is 19.7 Å². The van der Waals surface area contributed by atoms with Gasteiger partial charge in [-0.15, -0.1) is 5.10 Å². The number of H-pyrrole nitrogens is 2. The number of carbonyl (C=O) groups excluding carboxylic acids is 1. The molecule has 0 saturated carbocycles. The third-order valence-electron chi connectivity index (χ3n) is 6.06. The number of aromatic amines is 2. The van der Waals surface area contributed by atoms with E-state index in [4.69, 9.17) is 23.2 Å². The van der Waals surface area contributed by atoms with Crippen molar-refractivity contribution in [1.82, 2.24) is 29.4 Å². The van der Waals surface area contributed by atoms with Gasteiger partial charge in [-0.2, -0.15) is 0 Å². The Balaban J connectivity index is 1.41. The fraction of sp³-hybridized carbons (Fsp3) is 0.304. The Bertz CT molecular complexity index is 1510. The van der Waals surface area contributed by atoms with Crippen LogP contribution in [0.15, 0.2) is 35.3 Å². The van der Waals surface area contributed by atoms with E-state index in [1.54, 1.807) is 21.4 Å². The van der Waals surface area contributed by atoms with Gasteiger partial charge in [-0.25, -0.2) is 8.96 Å². The van der Waals surface area contributed by atoms with Gasteiger partial charge in [-0.1, -0.05) is 29.3 Å². The first-order valence-corrected chi connectivity index (χ1v) is 11.7. The van der Waals surface area contributed by atoms with Crippen molar-refractivity contribution in [3.05, 3.63) is 85.3 Å². The first kappa shape index (κ1) is 23.5. The summed E-state index contributed by atoms with van der Waals surface area (Å²) in [6.07, 6.45) is 1.84. The third kappa shape index (κ3) is 4.33. The number of benzene rings is 1. The van der Waals surface area contributed by atoms with Crippen molar-refractivity contribution < 1.29 is 13.8 Å². The minimum atomic E-state index is -0.594. The number of rotatable bonds is 5. The highest BCUT2D eigenvalue weighted by Crippen LogP contribution is 2.27. The highest BCUT2D eigenvalue weighted by Gasteiger charge is 2.31. The van der Waals surface area contributed by atoms with Gasteiger partial charge in [0.15, 0.2) is 0 Å². The second-order valence-electron chi connectivity index (χ2n) is 8.81. The molecule has 1 aromatic carbocycles. The summed E-state index contributed by atoms with van der Waals surface area (Å²) >= 11 is 12.4. The molecule has 4 aromatic rings. The molecule has 3 aromatic heterocycles. The molecule has 0 unspecified atom stereocenters. The van der Waals surface area contributed by atoms with E-state index < -0.39 is 11.7 Å². The van der Waals surface area contributed by atoms with Crippen LogP contribution in [-0.2, 0) is 26.1 Å². The minimum Gasteiger partial charge on any atom is -0.326 e. The second-order valence-corrected chi connectivity index (χ2v) is 9.57. The van der Waals surface area contributed by atoms with E-state index in [0.717, 1.165) is 11.6 Å². The standard InChI is InChI=1S/C23H22Cl2FN7O2/c1-30(2)11-19-28-29-20-12-31(5-6-32(19)20)23(35)15-8-13(3-4-17(15)26)7-14-10-27-22(34)18-9-16(24)21(25)33(14)18/h3-4,8-10H,5-7,11-12H2,1-2H3,(H,27,34)/p+1. The summed E-state index contributed by atoms with van der Waals surface area (Å²) in [6, 6.07) is 5.93. The highest BCUT2D eigenvalue weighted by molar-refractivity contribution is 6.42. The summed E-state index contributed by atoms with van der Waals surface area (Å²) in [4.78, 5) is 31.7. The molecular weight excluding hydrogens is 496 g/mol. The number of amides is 1. The van der Waals surface area contributed by atoms with Crippen LogP contribution in [0.2, 0.25) is 10.2 Å². The van der Waals surface area contributed by atoms with Gasteiger partial charge in [0.1, 0.15) is 23.0 Å². The Morgan fingerprint density at radius 2 is 2.09 bits per heavy atom. The van der Waals surface area contributed by atoms with E-state index in [1.165, 1.54) is 18.3 Å². The number of nitrogens with zero attached hydrogens (tertiary/aromatic N) is 5. The van der Waals surface area contributed by atoms with E-state index in [9.17, 15) is 14.0 Å². The Labute approximate surface area is 209 Å². The molecular formula is C23H23Cl2FN7O2+. The number of nitrogens with one attached hydrogen (secondary N) is 2. The zero-order chi connectivity index (χ0) is 24.9. The number of fused-ring (bicyclic) bond motifs is 2. The quantitative estimate of drug-likeness (QED) is 0.396. The highest BCUT2D eigenvalue weighted by atomic mass is 35.5. The molecule has 2 N–H and O–H groups in total. The van der Waals surface area contributed by atoms with Crippen LogP contribution in [0, 0.1) is 5.82 Å². The Morgan fingerprint density at radius 1 is 1.29 bits per heavy atom. The minimum absolute atomic E-state index is 0.0127. The molecule has 0 saturated heterocycles. The number of aromatic nitrogens is 5. The van der Waals surface area contributed by atoms with Gasteiger partial charge in [0.2, 0.25) is 0 Å². The molecule has 35 heavy (non-hydrogen) atoms. The Hall–Kier alpha value is -3.21. The summed E-state index contributed by atoms with van der Waals surface area (Å²) < 4.78 is 18.4. The van der Waals surface area contributed by atoms with E-state index >= 15 is 0 Å². The van der Waals surface area contributed by atoms with Gasteiger partial charge in [0.05, 0.1) is 30.2 Å². The van der Waals surface area contributed by atoms with Gasteiger partial charge in [0, 0.05) is 23.4 Å². The number of halogens is 3. The lowest BCUT2D eigenvalue weighted by molar-refractivity contribution is -0.718. The molecule has 0 radical (unpaired) electrons. The maximum atomic E-state index is 14.8. The lowest BCUT2D eigenvalue weighted by Gasteiger charge is -2.25. The molecule has 12 heteroatoms. The predicted molar refractivity (Wildman–Crippen MR) is 128 cm³/mol. The van der Waals surface area contributed by atoms with Gasteiger partial charge in [-0.3, -0.25) is 18.9 Å². The number of hydrogen-bond acceptors (Lipinski definition) is 4. The lowest BCUT2D eigenvalue weighted by Crippen LogP contribution is -2.53. The fourth-order valence-corrected chi connectivity index (χ4v) is 4.84. The van der Waals surface area contributed by atoms with Crippen molar-refractivity contribution in [3.63, 3.8) is 0 Å². The molecule has 0 spiro atoms. The molecule has 1 aliphatic heterocycles. The molecule has 0 bridgehead atoms. The SMILES string of the molecule is CN(C)Cc1n[nH]c2[n+]1CCN(C(=O)c1cc(Cc3c[nH]c(=O)c4cc(Cl)c(Cl)n34)ccc1F)C2. The van der Waals surface area contributed by atoms with Crippen molar-refractivity contribution in [2.75, 3.05) is 20.6 Å². The van der Waals surface area contributed by atoms with Crippen LogP contribution in [0.25, 0.3) is 5.52 Å². The van der Waals surface area contributed by atoms with Crippen LogP contribution in [0.5, 0.6) is 0 Å². The van der Waals surface area contributed by atoms with E-state index in [-0.39, 0.29) is 21.3 Å². The largest absolute Gasteiger partial charge is 0.326 e. The molecule has 9 nitrogen and oxygen atoms in total. The molecule has 0 aliphatic carbocycles. The fourth-order valence-electron chi connectivity index (χ4n) is 4.40. The number of hydrogen-bond donors (Lipinski definition) is 2. The van der Waals surface area contributed by atoms with Crippen molar-refractivity contribution in [1.29, 1.82) is 0 Å². The summed E-state index contributed by atoms with van der Waals surface area (Å²) in [5, 5.41) is 7.84. The van der Waals surface area contributed by atoms with Gasteiger partial charge in [0.25, 0.3) is 23.1 Å². The van der Waals surface area contributed by atoms with Gasteiger partial charge < -0.3 is 9.88 Å². The molecule has 1 amide bonds. The van der Waals surface area contributed by atoms with Crippen molar-refractivity contribution in [2.24, 2.45) is 0 Å². The van der Waals surface area contributed by atoms with Crippen LogP contribution >= 0.6 is 23.2 Å². The van der Waals surface area contributed by atoms with Gasteiger partial charge >= 0.3 is 0 Å². The summed E-state index contributed by atoms with van der Waals surface area (Å²) in [5.41, 5.74) is 1.30. The van der Waals surface area contributed by atoms with Crippen LogP contribution in [-0.4, -0.2) is 55.9 Å². The maximum absolute atomic E-state index is 14.8. The molecule has 182 valence electrons. The molecule has 0 atom stereocenters. The normalized spacial score (nSPS) is 13.6. The smallest absolute Gasteiger partial charge is 0.291 e. The third-order valence-corrected chi connectivity index (χ3v) is 6.82. The zero-order valence-electron chi connectivity index (χ0n) is 19.1. The van der Waals surface area contributed by atoms with Crippen LogP contribution < -0.4 is 10.1 Å². The Kier molecular flexibility index (Phi) is 6.12. The van der Waals surface area contributed by atoms with Gasteiger partial charge in [-0.05, 0) is 37.9 Å². The molecule has 1 aliphatic rings. The van der Waals surface area contributed by atoms with Crippen molar-refractivity contribution in [2.45, 2.75) is 26.1 Å². The molecule has 0 fully saturated rings. The van der Waals surface area contributed by atoms with E-state index in [1.807, 2.05) is 19.0 Å². The van der Waals surface area contributed by atoms with Crippen LogP contribution in [0.3, 0.4) is 0 Å². The molecule has 4 heterocycles. The zero-order valence-corrected chi connectivity index (χ0v) is 20.6. The summed E-state index contributed by atoms with van der Waals surface area (Å²) in [5.74, 6) is 0.700. The first-order valence-electron chi connectivity index (χ1n) is 11.0. The van der Waals surface area contributed by atoms with Crippen LogP contribution in [0.1, 0.15) is 33.3 Å². The van der Waals surface area contributed by atoms with Crippen molar-refractivity contribution in [3.8, 4) is 0 Å². The average Bonchev–Trinajstić information content (AvgIpc) is 3.36. The molecule has 5 rings (SSSR count). The van der Waals surface area contributed by atoms with Crippen LogP contribution in [0.4, 0.5) is 4.39 Å². The monoisotopic (exact) mass is 518 g/mol. The Morgan fingerprint density at radius 3 is 2.86 bits per heavy atom. The van der Waals surface area contributed by atoms with Crippen molar-refractivity contribution >= 4 is 34.6 Å². The first-order chi connectivity index (χ1) is 16.7. The average molecular weight is 519 g/mol. The van der Waals surface area contributed by atoms with E-state index in [0.29, 0.717) is 49.4 Å². The predicted octanol–water partition coefficient (Wildman–Crippen LogP) is 2.39. The second kappa shape index (κ2) is 9.10. The maximum Gasteiger partial charge on any atom is 0.291 e. The topological polar surface area (TPSA) is 93.4 Å². The summed E-state index contributed by atoms with van der Waals surface area (Å²) in [7, 11) is 3.93. The lowest BCUT2D eigenvalue weighted by atomic mass is 10.0. The summed E-state index contributed by atoms with van der Waals surface area (Å²) in [6.45, 7) is 2.00. The number of carbonyl (C=O) groups is 1.